The van der Waals surface area contributed by atoms with E-state index in [1.165, 1.54) is 0 Å². The number of furan rings is 1. The van der Waals surface area contributed by atoms with Gasteiger partial charge in [-0.25, -0.2) is 0 Å². The van der Waals surface area contributed by atoms with Crippen molar-refractivity contribution in [2.24, 2.45) is 0 Å². The molecule has 108 valence electrons. The minimum Gasteiger partial charge on any atom is -0.467 e. The molecule has 0 spiro atoms. The highest BCUT2D eigenvalue weighted by Gasteiger charge is 2.17. The van der Waals surface area contributed by atoms with Crippen LogP contribution in [0.1, 0.15) is 33.7 Å². The molecule has 2 aromatic rings. The number of hydrogen-bond donors (Lipinski definition) is 0. The third-order valence-corrected chi connectivity index (χ3v) is 3.18. The van der Waals surface area contributed by atoms with Crippen molar-refractivity contribution in [3.63, 3.8) is 0 Å². The molecule has 1 amide bonds. The van der Waals surface area contributed by atoms with Crippen LogP contribution in [0.25, 0.3) is 0 Å². The van der Waals surface area contributed by atoms with Crippen molar-refractivity contribution < 1.29 is 9.21 Å². The average molecular weight is 282 g/mol. The molecule has 0 aliphatic carbocycles. The van der Waals surface area contributed by atoms with E-state index in [9.17, 15) is 4.79 Å². The maximum absolute atomic E-state index is 12.7. The lowest BCUT2D eigenvalue weighted by atomic mass is 10.1. The SMILES string of the molecule is Cc1cc(C)cc(C(=O)N(CCC#N)Cc2ccco2)c1. The zero-order valence-corrected chi connectivity index (χ0v) is 12.3. The third-order valence-electron chi connectivity index (χ3n) is 3.18. The van der Waals surface area contributed by atoms with Crippen molar-refractivity contribution in [1.29, 1.82) is 5.26 Å². The Morgan fingerprint density at radius 3 is 2.57 bits per heavy atom. The summed E-state index contributed by atoms with van der Waals surface area (Å²) in [7, 11) is 0. The number of carbonyl (C=O) groups is 1. The molecule has 1 heterocycles. The summed E-state index contributed by atoms with van der Waals surface area (Å²) in [6, 6.07) is 11.5. The summed E-state index contributed by atoms with van der Waals surface area (Å²) in [6.07, 6.45) is 1.89. The number of carbonyl (C=O) groups excluding carboxylic acids is 1. The Labute approximate surface area is 124 Å². The average Bonchev–Trinajstić information content (AvgIpc) is 2.94. The van der Waals surface area contributed by atoms with Crippen LogP contribution in [-0.4, -0.2) is 17.4 Å². The third kappa shape index (κ3) is 3.96. The first-order valence-electron chi connectivity index (χ1n) is 6.87. The van der Waals surface area contributed by atoms with E-state index in [4.69, 9.17) is 9.68 Å². The first-order chi connectivity index (χ1) is 10.1. The maximum atomic E-state index is 12.7. The van der Waals surface area contributed by atoms with Gasteiger partial charge in [-0.2, -0.15) is 5.26 Å². The van der Waals surface area contributed by atoms with Gasteiger partial charge in [-0.3, -0.25) is 4.79 Å². The summed E-state index contributed by atoms with van der Waals surface area (Å²) in [5, 5.41) is 8.77. The summed E-state index contributed by atoms with van der Waals surface area (Å²) in [5.74, 6) is 0.638. The van der Waals surface area contributed by atoms with Crippen LogP contribution in [0.4, 0.5) is 0 Å². The first kappa shape index (κ1) is 14.9. The second-order valence-electron chi connectivity index (χ2n) is 5.09. The molecule has 4 nitrogen and oxygen atoms in total. The minimum atomic E-state index is -0.0755. The van der Waals surface area contributed by atoms with Gasteiger partial charge in [-0.15, -0.1) is 0 Å². The van der Waals surface area contributed by atoms with E-state index in [0.717, 1.165) is 11.1 Å². The van der Waals surface area contributed by atoms with Gasteiger partial charge in [-0.05, 0) is 38.1 Å². The van der Waals surface area contributed by atoms with Crippen molar-refractivity contribution >= 4 is 5.91 Å². The van der Waals surface area contributed by atoms with E-state index >= 15 is 0 Å². The second-order valence-corrected chi connectivity index (χ2v) is 5.09. The molecule has 1 aromatic carbocycles. The maximum Gasteiger partial charge on any atom is 0.254 e. The normalized spacial score (nSPS) is 10.1. The monoisotopic (exact) mass is 282 g/mol. The zero-order chi connectivity index (χ0) is 15.2. The number of rotatable bonds is 5. The molecule has 2 rings (SSSR count). The van der Waals surface area contributed by atoms with Gasteiger partial charge in [0.15, 0.2) is 0 Å². The number of aryl methyl sites for hydroxylation is 2. The molecule has 0 aliphatic rings. The zero-order valence-electron chi connectivity index (χ0n) is 12.3. The fourth-order valence-corrected chi connectivity index (χ4v) is 2.31. The number of nitriles is 1. The van der Waals surface area contributed by atoms with E-state index in [2.05, 4.69) is 6.07 Å². The van der Waals surface area contributed by atoms with E-state index in [0.29, 0.717) is 30.8 Å². The van der Waals surface area contributed by atoms with Crippen LogP contribution >= 0.6 is 0 Å². The lowest BCUT2D eigenvalue weighted by molar-refractivity contribution is 0.0735. The van der Waals surface area contributed by atoms with Gasteiger partial charge in [-0.1, -0.05) is 17.2 Å². The van der Waals surface area contributed by atoms with Crippen LogP contribution in [0, 0.1) is 25.2 Å². The molecule has 0 unspecified atom stereocenters. The molecule has 0 radical (unpaired) electrons. The van der Waals surface area contributed by atoms with Crippen LogP contribution in [0.5, 0.6) is 0 Å². The van der Waals surface area contributed by atoms with Crippen LogP contribution in [0.15, 0.2) is 41.0 Å². The molecule has 0 aliphatic heterocycles. The Bertz CT molecular complexity index is 634. The largest absolute Gasteiger partial charge is 0.467 e. The smallest absolute Gasteiger partial charge is 0.254 e. The fraction of sp³-hybridized carbons (Fsp3) is 0.294. The molecule has 0 saturated heterocycles. The van der Waals surface area contributed by atoms with E-state index in [1.54, 1.807) is 17.2 Å². The predicted molar refractivity (Wildman–Crippen MR) is 79.6 cm³/mol. The summed E-state index contributed by atoms with van der Waals surface area (Å²) < 4.78 is 5.30. The lowest BCUT2D eigenvalue weighted by Crippen LogP contribution is -2.31. The molecule has 4 heteroatoms. The quantitative estimate of drug-likeness (QED) is 0.844. The van der Waals surface area contributed by atoms with Crippen molar-refractivity contribution in [3.05, 3.63) is 59.0 Å². The summed E-state index contributed by atoms with van der Waals surface area (Å²) in [5.41, 5.74) is 2.75. The van der Waals surface area contributed by atoms with Crippen molar-refractivity contribution in [2.45, 2.75) is 26.8 Å². The molecule has 0 fully saturated rings. The number of hydrogen-bond acceptors (Lipinski definition) is 3. The van der Waals surface area contributed by atoms with Crippen LogP contribution in [-0.2, 0) is 6.54 Å². The molecule has 21 heavy (non-hydrogen) atoms. The Morgan fingerprint density at radius 1 is 1.29 bits per heavy atom. The van der Waals surface area contributed by atoms with E-state index < -0.39 is 0 Å². The molecule has 0 saturated carbocycles. The van der Waals surface area contributed by atoms with Gasteiger partial charge in [0.1, 0.15) is 5.76 Å². The van der Waals surface area contributed by atoms with Crippen LogP contribution in [0.3, 0.4) is 0 Å². The first-order valence-corrected chi connectivity index (χ1v) is 6.87. The van der Waals surface area contributed by atoms with Gasteiger partial charge in [0.05, 0.1) is 25.3 Å². The van der Waals surface area contributed by atoms with Crippen molar-refractivity contribution in [2.75, 3.05) is 6.54 Å². The van der Waals surface area contributed by atoms with Gasteiger partial charge >= 0.3 is 0 Å². The summed E-state index contributed by atoms with van der Waals surface area (Å²) in [4.78, 5) is 14.3. The van der Waals surface area contributed by atoms with Crippen LogP contribution in [0.2, 0.25) is 0 Å². The van der Waals surface area contributed by atoms with E-state index in [1.807, 2.05) is 38.1 Å². The highest BCUT2D eigenvalue weighted by molar-refractivity contribution is 5.94. The Morgan fingerprint density at radius 2 is 2.00 bits per heavy atom. The van der Waals surface area contributed by atoms with Crippen molar-refractivity contribution in [3.8, 4) is 6.07 Å². The molecule has 1 aromatic heterocycles. The highest BCUT2D eigenvalue weighted by Crippen LogP contribution is 2.14. The van der Waals surface area contributed by atoms with Crippen molar-refractivity contribution in [1.82, 2.24) is 4.90 Å². The van der Waals surface area contributed by atoms with Gasteiger partial charge in [0.2, 0.25) is 0 Å². The number of nitrogens with zero attached hydrogens (tertiary/aromatic N) is 2. The number of amides is 1. The standard InChI is InChI=1S/C17H18N2O2/c1-13-9-14(2)11-15(10-13)17(20)19(7-4-6-18)12-16-5-3-8-21-16/h3,5,8-11H,4,7,12H2,1-2H3. The Kier molecular flexibility index (Phi) is 4.78. The highest BCUT2D eigenvalue weighted by atomic mass is 16.3. The molecular weight excluding hydrogens is 264 g/mol. The van der Waals surface area contributed by atoms with Gasteiger partial charge in [0.25, 0.3) is 5.91 Å². The lowest BCUT2D eigenvalue weighted by Gasteiger charge is -2.21. The fourth-order valence-electron chi connectivity index (χ4n) is 2.31. The number of benzene rings is 1. The van der Waals surface area contributed by atoms with Gasteiger partial charge in [0, 0.05) is 12.1 Å². The Hall–Kier alpha value is -2.54. The van der Waals surface area contributed by atoms with Crippen LogP contribution < -0.4 is 0 Å². The molecular formula is C17H18N2O2. The van der Waals surface area contributed by atoms with E-state index in [-0.39, 0.29) is 5.91 Å². The Balaban J connectivity index is 2.22. The second kappa shape index (κ2) is 6.76. The predicted octanol–water partition coefficient (Wildman–Crippen LogP) is 3.45. The van der Waals surface area contributed by atoms with Gasteiger partial charge < -0.3 is 9.32 Å². The molecule has 0 N–H and O–H groups in total. The topological polar surface area (TPSA) is 57.2 Å². The minimum absolute atomic E-state index is 0.0755. The molecule has 0 atom stereocenters. The summed E-state index contributed by atoms with van der Waals surface area (Å²) in [6.45, 7) is 4.70. The summed E-state index contributed by atoms with van der Waals surface area (Å²) >= 11 is 0. The molecule has 0 bridgehead atoms.